The molecule has 1 aliphatic rings. The summed E-state index contributed by atoms with van der Waals surface area (Å²) >= 11 is 0. The van der Waals surface area contributed by atoms with Crippen LogP contribution in [0.3, 0.4) is 0 Å². The minimum absolute atomic E-state index is 0. The number of nitrogens with zero attached hydrogens (tertiary/aromatic N) is 1. The summed E-state index contributed by atoms with van der Waals surface area (Å²) in [6, 6.07) is 9.82. The van der Waals surface area contributed by atoms with Crippen molar-refractivity contribution in [2.24, 2.45) is 5.92 Å². The molecule has 0 saturated carbocycles. The number of rotatable bonds is 4. The molecule has 25 heavy (non-hydrogen) atoms. The predicted octanol–water partition coefficient (Wildman–Crippen LogP) is 3.93. The molecule has 1 atom stereocenters. The van der Waals surface area contributed by atoms with Crippen molar-refractivity contribution in [1.29, 1.82) is 0 Å². The van der Waals surface area contributed by atoms with Gasteiger partial charge in [-0.25, -0.2) is 0 Å². The maximum Gasteiger partial charge on any atom is 0.252 e. The van der Waals surface area contributed by atoms with Gasteiger partial charge in [0.15, 0.2) is 0 Å². The number of fused-ring (bicyclic) bond motifs is 1. The summed E-state index contributed by atoms with van der Waals surface area (Å²) in [6.45, 7) is 7.03. The number of halogens is 2. The SMILES string of the molecule is CC(C)c1cc(C(=O)NCC2CCCNC2)c2ccccc2n1.Cl.Cl. The van der Waals surface area contributed by atoms with Crippen molar-refractivity contribution < 1.29 is 4.79 Å². The number of benzene rings is 1. The zero-order valence-corrected chi connectivity index (χ0v) is 16.4. The van der Waals surface area contributed by atoms with Gasteiger partial charge in [0.25, 0.3) is 5.91 Å². The Hall–Kier alpha value is -1.36. The minimum atomic E-state index is 0. The Labute approximate surface area is 162 Å². The Bertz CT molecular complexity index is 700. The number of amides is 1. The highest BCUT2D eigenvalue weighted by atomic mass is 35.5. The summed E-state index contributed by atoms with van der Waals surface area (Å²) in [7, 11) is 0. The molecule has 2 N–H and O–H groups in total. The first-order chi connectivity index (χ1) is 11.1. The summed E-state index contributed by atoms with van der Waals surface area (Å²) in [4.78, 5) is 17.4. The monoisotopic (exact) mass is 383 g/mol. The number of piperidine rings is 1. The van der Waals surface area contributed by atoms with Crippen molar-refractivity contribution in [3.8, 4) is 0 Å². The summed E-state index contributed by atoms with van der Waals surface area (Å²) in [5.41, 5.74) is 2.60. The van der Waals surface area contributed by atoms with E-state index in [2.05, 4.69) is 29.5 Å². The van der Waals surface area contributed by atoms with Crippen molar-refractivity contribution in [1.82, 2.24) is 15.6 Å². The van der Waals surface area contributed by atoms with E-state index in [1.807, 2.05) is 30.3 Å². The lowest BCUT2D eigenvalue weighted by Gasteiger charge is -2.23. The van der Waals surface area contributed by atoms with Gasteiger partial charge in [-0.1, -0.05) is 32.0 Å². The zero-order chi connectivity index (χ0) is 16.2. The Morgan fingerprint density at radius 2 is 2.08 bits per heavy atom. The van der Waals surface area contributed by atoms with Crippen LogP contribution in [0.2, 0.25) is 0 Å². The van der Waals surface area contributed by atoms with Crippen LogP contribution in [0.4, 0.5) is 0 Å². The molecule has 1 aliphatic heterocycles. The summed E-state index contributed by atoms with van der Waals surface area (Å²) < 4.78 is 0. The van der Waals surface area contributed by atoms with E-state index < -0.39 is 0 Å². The van der Waals surface area contributed by atoms with Crippen LogP contribution < -0.4 is 10.6 Å². The molecule has 2 heterocycles. The fourth-order valence-electron chi connectivity index (χ4n) is 3.11. The molecule has 3 rings (SSSR count). The van der Waals surface area contributed by atoms with Crippen LogP contribution in [-0.4, -0.2) is 30.5 Å². The molecule has 1 amide bonds. The third-order valence-corrected chi connectivity index (χ3v) is 4.52. The van der Waals surface area contributed by atoms with Crippen LogP contribution in [0.5, 0.6) is 0 Å². The van der Waals surface area contributed by atoms with Crippen molar-refractivity contribution in [3.63, 3.8) is 0 Å². The molecule has 1 saturated heterocycles. The van der Waals surface area contributed by atoms with Crippen molar-refractivity contribution in [2.45, 2.75) is 32.6 Å². The molecule has 0 aliphatic carbocycles. The smallest absolute Gasteiger partial charge is 0.252 e. The lowest BCUT2D eigenvalue weighted by molar-refractivity contribution is 0.0946. The number of hydrogen-bond acceptors (Lipinski definition) is 3. The van der Waals surface area contributed by atoms with Crippen LogP contribution >= 0.6 is 24.8 Å². The lowest BCUT2D eigenvalue weighted by Crippen LogP contribution is -2.38. The first-order valence-corrected chi connectivity index (χ1v) is 8.53. The largest absolute Gasteiger partial charge is 0.352 e. The zero-order valence-electron chi connectivity index (χ0n) is 14.7. The van der Waals surface area contributed by atoms with Crippen molar-refractivity contribution >= 4 is 41.6 Å². The van der Waals surface area contributed by atoms with Crippen LogP contribution in [0.25, 0.3) is 10.9 Å². The highest BCUT2D eigenvalue weighted by molar-refractivity contribution is 6.06. The van der Waals surface area contributed by atoms with Crippen LogP contribution in [-0.2, 0) is 0 Å². The van der Waals surface area contributed by atoms with Crippen molar-refractivity contribution in [2.75, 3.05) is 19.6 Å². The van der Waals surface area contributed by atoms with E-state index >= 15 is 0 Å². The first kappa shape index (κ1) is 21.7. The number of hydrogen-bond donors (Lipinski definition) is 2. The second-order valence-corrected chi connectivity index (χ2v) is 6.69. The van der Waals surface area contributed by atoms with E-state index in [9.17, 15) is 4.79 Å². The molecule has 0 bridgehead atoms. The lowest BCUT2D eigenvalue weighted by atomic mass is 9.99. The summed E-state index contributed by atoms with van der Waals surface area (Å²) in [5, 5.41) is 7.44. The van der Waals surface area contributed by atoms with Gasteiger partial charge in [0, 0.05) is 17.6 Å². The average molecular weight is 384 g/mol. The molecule has 1 unspecified atom stereocenters. The van der Waals surface area contributed by atoms with Gasteiger partial charge in [-0.15, -0.1) is 24.8 Å². The highest BCUT2D eigenvalue weighted by Crippen LogP contribution is 2.22. The van der Waals surface area contributed by atoms with Crippen LogP contribution in [0.1, 0.15) is 48.7 Å². The van der Waals surface area contributed by atoms with Gasteiger partial charge in [-0.3, -0.25) is 9.78 Å². The highest BCUT2D eigenvalue weighted by Gasteiger charge is 2.17. The van der Waals surface area contributed by atoms with Gasteiger partial charge in [0.2, 0.25) is 0 Å². The predicted molar refractivity (Wildman–Crippen MR) is 108 cm³/mol. The maximum atomic E-state index is 12.7. The second-order valence-electron chi connectivity index (χ2n) is 6.69. The van der Waals surface area contributed by atoms with E-state index in [0.29, 0.717) is 11.8 Å². The van der Waals surface area contributed by atoms with Gasteiger partial charge in [-0.05, 0) is 49.9 Å². The fraction of sp³-hybridized carbons (Fsp3) is 0.474. The molecule has 4 nitrogen and oxygen atoms in total. The number of carbonyl (C=O) groups is 1. The Morgan fingerprint density at radius 1 is 1.32 bits per heavy atom. The molecule has 1 fully saturated rings. The normalized spacial score (nSPS) is 16.8. The van der Waals surface area contributed by atoms with Gasteiger partial charge in [0.1, 0.15) is 0 Å². The van der Waals surface area contributed by atoms with E-state index in [1.54, 1.807) is 0 Å². The average Bonchev–Trinajstić information content (AvgIpc) is 2.59. The topological polar surface area (TPSA) is 54.0 Å². The van der Waals surface area contributed by atoms with E-state index in [0.717, 1.165) is 41.8 Å². The quantitative estimate of drug-likeness (QED) is 0.840. The van der Waals surface area contributed by atoms with E-state index in [-0.39, 0.29) is 30.7 Å². The molecule has 138 valence electrons. The third kappa shape index (κ3) is 5.30. The molecular formula is C19H27Cl2N3O. The Kier molecular flexibility index (Phi) is 8.63. The second kappa shape index (κ2) is 9.95. The summed E-state index contributed by atoms with van der Waals surface area (Å²) in [6.07, 6.45) is 2.37. The molecule has 1 aromatic carbocycles. The number of nitrogens with one attached hydrogen (secondary N) is 2. The summed E-state index contributed by atoms with van der Waals surface area (Å²) in [5.74, 6) is 0.843. The minimum Gasteiger partial charge on any atom is -0.352 e. The molecule has 1 aromatic heterocycles. The molecule has 0 radical (unpaired) electrons. The van der Waals surface area contributed by atoms with Gasteiger partial charge < -0.3 is 10.6 Å². The Balaban J connectivity index is 0.00000156. The number of carbonyl (C=O) groups excluding carboxylic acids is 1. The van der Waals surface area contributed by atoms with Gasteiger partial charge >= 0.3 is 0 Å². The van der Waals surface area contributed by atoms with Gasteiger partial charge in [0.05, 0.1) is 11.1 Å². The Morgan fingerprint density at radius 3 is 2.76 bits per heavy atom. The number of para-hydroxylation sites is 1. The third-order valence-electron chi connectivity index (χ3n) is 4.52. The van der Waals surface area contributed by atoms with Gasteiger partial charge in [-0.2, -0.15) is 0 Å². The van der Waals surface area contributed by atoms with E-state index in [4.69, 9.17) is 0 Å². The fourth-order valence-corrected chi connectivity index (χ4v) is 3.11. The van der Waals surface area contributed by atoms with Crippen LogP contribution in [0.15, 0.2) is 30.3 Å². The maximum absolute atomic E-state index is 12.7. The molecule has 0 spiro atoms. The van der Waals surface area contributed by atoms with Crippen LogP contribution in [0, 0.1) is 5.92 Å². The van der Waals surface area contributed by atoms with Crippen molar-refractivity contribution in [3.05, 3.63) is 41.6 Å². The number of aromatic nitrogens is 1. The molecule has 2 aromatic rings. The standard InChI is InChI=1S/C19H25N3O.2ClH/c1-13(2)18-10-16(15-7-3-4-8-17(15)22-18)19(23)21-12-14-6-5-9-20-11-14;;/h3-4,7-8,10,13-14,20H,5-6,9,11-12H2,1-2H3,(H,21,23);2*1H. The number of pyridine rings is 1. The first-order valence-electron chi connectivity index (χ1n) is 8.53. The molecular weight excluding hydrogens is 357 g/mol. The van der Waals surface area contributed by atoms with E-state index in [1.165, 1.54) is 12.8 Å². The molecule has 6 heteroatoms.